The fourth-order valence-corrected chi connectivity index (χ4v) is 3.24. The molecule has 1 aliphatic carbocycles. The molecule has 1 aliphatic rings. The van der Waals surface area contributed by atoms with E-state index in [1.54, 1.807) is 26.0 Å². The van der Waals surface area contributed by atoms with E-state index >= 15 is 0 Å². The molecule has 1 amide bonds. The van der Waals surface area contributed by atoms with Crippen molar-refractivity contribution in [3.05, 3.63) is 47.3 Å². The number of nitrogens with one attached hydrogen (secondary N) is 1. The van der Waals surface area contributed by atoms with Gasteiger partial charge in [0.05, 0.1) is 17.5 Å². The van der Waals surface area contributed by atoms with Gasteiger partial charge >= 0.3 is 6.18 Å². The highest BCUT2D eigenvalue weighted by Gasteiger charge is 2.49. The minimum atomic E-state index is -4.54. The van der Waals surface area contributed by atoms with Crippen LogP contribution >= 0.6 is 0 Å². The average Bonchev–Trinajstić information content (AvgIpc) is 3.36. The lowest BCUT2D eigenvalue weighted by Crippen LogP contribution is -2.46. The number of rotatable bonds is 4. The second-order valence-corrected chi connectivity index (χ2v) is 7.20. The molecule has 0 radical (unpaired) electrons. The van der Waals surface area contributed by atoms with E-state index in [0.717, 1.165) is 0 Å². The summed E-state index contributed by atoms with van der Waals surface area (Å²) in [4.78, 5) is 20.6. The van der Waals surface area contributed by atoms with Gasteiger partial charge in [0.2, 0.25) is 5.95 Å². The molecule has 3 aromatic heterocycles. The van der Waals surface area contributed by atoms with E-state index in [2.05, 4.69) is 20.4 Å². The maximum absolute atomic E-state index is 14.3. The smallest absolute Gasteiger partial charge is 0.340 e. The number of aryl methyl sites for hydroxylation is 2. The molecule has 4 rings (SSSR count). The summed E-state index contributed by atoms with van der Waals surface area (Å²) in [5, 5.41) is 6.11. The Hall–Kier alpha value is -3.04. The van der Waals surface area contributed by atoms with Gasteiger partial charge in [-0.15, -0.1) is 0 Å². The van der Waals surface area contributed by atoms with Crippen molar-refractivity contribution < 1.29 is 22.4 Å². The molecule has 0 aromatic carbocycles. The Morgan fingerprint density at radius 2 is 1.97 bits per heavy atom. The highest BCUT2D eigenvalue weighted by Crippen LogP contribution is 2.40. The molecule has 29 heavy (non-hydrogen) atoms. The molecule has 0 spiro atoms. The van der Waals surface area contributed by atoms with Crippen LogP contribution in [0.25, 0.3) is 16.9 Å². The van der Waals surface area contributed by atoms with Crippen molar-refractivity contribution in [2.24, 2.45) is 5.92 Å². The number of amides is 1. The predicted octanol–water partition coefficient (Wildman–Crippen LogP) is 3.62. The van der Waals surface area contributed by atoms with Crippen LogP contribution in [-0.2, 0) is 0 Å². The van der Waals surface area contributed by atoms with Crippen LogP contribution in [0.15, 0.2) is 24.4 Å². The molecule has 3 aromatic rings. The third-order valence-corrected chi connectivity index (χ3v) is 4.89. The summed E-state index contributed by atoms with van der Waals surface area (Å²) in [5.41, 5.74) is 1.31. The lowest BCUT2D eigenvalue weighted by Gasteiger charge is -2.20. The Kier molecular flexibility index (Phi) is 4.51. The number of hydrogen-bond acceptors (Lipinski definition) is 4. The molecule has 1 saturated carbocycles. The minimum absolute atomic E-state index is 0.0502. The van der Waals surface area contributed by atoms with Crippen LogP contribution in [0.5, 0.6) is 0 Å². The van der Waals surface area contributed by atoms with Crippen LogP contribution in [0, 0.1) is 25.7 Å². The molecule has 0 bridgehead atoms. The Balaban J connectivity index is 1.74. The highest BCUT2D eigenvalue weighted by molar-refractivity contribution is 6.00. The standard InChI is InChI=1S/C19H17F4N5O/c1-9-3-6-12(16(20)25-9)14-7-10(2)28-17(26-14)13(8-24-28)18(29)27-15(11-4-5-11)19(21,22)23/h3,6-8,11,15H,4-5H2,1-2H3,(H,27,29). The van der Waals surface area contributed by atoms with E-state index in [1.807, 2.05) is 0 Å². The van der Waals surface area contributed by atoms with E-state index in [4.69, 9.17) is 0 Å². The molecule has 1 unspecified atom stereocenters. The van der Waals surface area contributed by atoms with Gasteiger partial charge in [-0.25, -0.2) is 14.5 Å². The van der Waals surface area contributed by atoms with Crippen LogP contribution in [-0.4, -0.2) is 37.7 Å². The number of carbonyl (C=O) groups excluding carboxylic acids is 1. The Morgan fingerprint density at radius 1 is 1.24 bits per heavy atom. The number of fused-ring (bicyclic) bond motifs is 1. The fraction of sp³-hybridized carbons (Fsp3) is 0.368. The number of halogens is 4. The number of pyridine rings is 1. The van der Waals surface area contributed by atoms with Crippen LogP contribution in [0.3, 0.4) is 0 Å². The number of carbonyl (C=O) groups is 1. The Morgan fingerprint density at radius 3 is 2.59 bits per heavy atom. The number of hydrogen-bond donors (Lipinski definition) is 1. The fourth-order valence-electron chi connectivity index (χ4n) is 3.24. The first-order valence-corrected chi connectivity index (χ1v) is 9.01. The monoisotopic (exact) mass is 407 g/mol. The number of alkyl halides is 3. The van der Waals surface area contributed by atoms with Crippen LogP contribution in [0.2, 0.25) is 0 Å². The average molecular weight is 407 g/mol. The summed E-state index contributed by atoms with van der Waals surface area (Å²) in [6, 6.07) is 2.79. The van der Waals surface area contributed by atoms with Crippen molar-refractivity contribution in [1.29, 1.82) is 0 Å². The zero-order chi connectivity index (χ0) is 20.9. The first-order valence-electron chi connectivity index (χ1n) is 9.01. The maximum atomic E-state index is 14.3. The summed E-state index contributed by atoms with van der Waals surface area (Å²) in [6.07, 6.45) is -2.54. The lowest BCUT2D eigenvalue weighted by molar-refractivity contribution is -0.158. The lowest BCUT2D eigenvalue weighted by atomic mass is 10.1. The molecular formula is C19H17F4N5O. The topological polar surface area (TPSA) is 72.2 Å². The molecule has 0 aliphatic heterocycles. The first-order chi connectivity index (χ1) is 13.6. The molecule has 1 fully saturated rings. The zero-order valence-corrected chi connectivity index (χ0v) is 15.6. The third kappa shape index (κ3) is 3.66. The second kappa shape index (κ2) is 6.78. The van der Waals surface area contributed by atoms with Gasteiger partial charge in [0.15, 0.2) is 5.65 Å². The van der Waals surface area contributed by atoms with Crippen molar-refractivity contribution in [3.63, 3.8) is 0 Å². The van der Waals surface area contributed by atoms with Crippen molar-refractivity contribution >= 4 is 11.6 Å². The summed E-state index contributed by atoms with van der Waals surface area (Å²) < 4.78 is 55.4. The molecule has 0 saturated heterocycles. The molecule has 1 atom stereocenters. The van der Waals surface area contributed by atoms with Crippen molar-refractivity contribution in [2.45, 2.75) is 38.9 Å². The van der Waals surface area contributed by atoms with Crippen LogP contribution in [0.1, 0.15) is 34.6 Å². The predicted molar refractivity (Wildman–Crippen MR) is 95.7 cm³/mol. The van der Waals surface area contributed by atoms with Gasteiger partial charge in [0.1, 0.15) is 11.6 Å². The third-order valence-electron chi connectivity index (χ3n) is 4.89. The second-order valence-electron chi connectivity index (χ2n) is 7.20. The maximum Gasteiger partial charge on any atom is 0.408 e. The van der Waals surface area contributed by atoms with E-state index < -0.39 is 30.0 Å². The Bertz CT molecular complexity index is 1100. The van der Waals surface area contributed by atoms with Crippen molar-refractivity contribution in [1.82, 2.24) is 24.9 Å². The summed E-state index contributed by atoms with van der Waals surface area (Å²) in [5.74, 6) is -2.25. The summed E-state index contributed by atoms with van der Waals surface area (Å²) in [6.45, 7) is 3.32. The number of nitrogens with zero attached hydrogens (tertiary/aromatic N) is 4. The molecule has 10 heteroatoms. The molecule has 3 heterocycles. The van der Waals surface area contributed by atoms with Crippen LogP contribution < -0.4 is 5.32 Å². The molecular weight excluding hydrogens is 390 g/mol. The van der Waals surface area contributed by atoms with E-state index in [9.17, 15) is 22.4 Å². The molecule has 6 nitrogen and oxygen atoms in total. The summed E-state index contributed by atoms with van der Waals surface area (Å²) >= 11 is 0. The van der Waals surface area contributed by atoms with Gasteiger partial charge in [-0.05, 0) is 50.8 Å². The SMILES string of the molecule is Cc1ccc(-c2cc(C)n3ncc(C(=O)NC(C4CC4)C(F)(F)F)c3n2)c(F)n1. The zero-order valence-electron chi connectivity index (χ0n) is 15.6. The van der Waals surface area contributed by atoms with Crippen molar-refractivity contribution in [3.8, 4) is 11.3 Å². The highest BCUT2D eigenvalue weighted by atomic mass is 19.4. The molecule has 152 valence electrons. The minimum Gasteiger partial charge on any atom is -0.340 e. The quantitative estimate of drug-likeness (QED) is 0.530. The number of aromatic nitrogens is 4. The van der Waals surface area contributed by atoms with E-state index in [0.29, 0.717) is 24.2 Å². The van der Waals surface area contributed by atoms with Gasteiger partial charge in [-0.1, -0.05) is 0 Å². The molecule has 1 N–H and O–H groups in total. The van der Waals surface area contributed by atoms with Gasteiger partial charge in [-0.2, -0.15) is 22.7 Å². The van der Waals surface area contributed by atoms with E-state index in [-0.39, 0.29) is 22.5 Å². The Labute approximate surface area is 163 Å². The van der Waals surface area contributed by atoms with Crippen molar-refractivity contribution in [2.75, 3.05) is 0 Å². The van der Waals surface area contributed by atoms with Gasteiger partial charge in [0, 0.05) is 11.4 Å². The van der Waals surface area contributed by atoms with Crippen LogP contribution in [0.4, 0.5) is 17.6 Å². The largest absolute Gasteiger partial charge is 0.408 e. The van der Waals surface area contributed by atoms with Gasteiger partial charge < -0.3 is 5.32 Å². The van der Waals surface area contributed by atoms with Gasteiger partial charge in [-0.3, -0.25) is 4.79 Å². The first kappa shape index (κ1) is 19.3. The normalized spacial score (nSPS) is 15.5. The summed E-state index contributed by atoms with van der Waals surface area (Å²) in [7, 11) is 0. The van der Waals surface area contributed by atoms with Gasteiger partial charge in [0.25, 0.3) is 5.91 Å². The van der Waals surface area contributed by atoms with E-state index in [1.165, 1.54) is 16.8 Å².